The minimum absolute atomic E-state index is 0.0132. The van der Waals surface area contributed by atoms with Crippen molar-refractivity contribution >= 4 is 52.2 Å². The number of carbonyl (C=O) groups is 4. The van der Waals surface area contributed by atoms with Crippen LogP contribution in [0.4, 0.5) is 16.2 Å². The standard InChI is InChI=1S/C27H21N3O8S/c1-2-37-22-13-17(11-12-21(22)38-26(33)18-7-6-10-20(15-18)30(35)36)14-23-25(32)29(27(34)39-23)16-24(31)28-19-8-4-3-5-9-19/h3-15H,2,16H2,1H3,(H,28,31)/b23-14-. The maximum absolute atomic E-state index is 12.9. The molecule has 0 spiro atoms. The van der Waals surface area contributed by atoms with Crippen molar-refractivity contribution in [3.8, 4) is 11.5 Å². The lowest BCUT2D eigenvalue weighted by molar-refractivity contribution is -0.384. The third-order valence-corrected chi connectivity index (χ3v) is 6.20. The fourth-order valence-electron chi connectivity index (χ4n) is 3.53. The molecule has 1 heterocycles. The van der Waals surface area contributed by atoms with Crippen LogP contribution in [0.5, 0.6) is 11.5 Å². The Bertz CT molecular complexity index is 1490. The van der Waals surface area contributed by atoms with Crippen LogP contribution in [0.2, 0.25) is 0 Å². The van der Waals surface area contributed by atoms with Crippen molar-refractivity contribution in [3.05, 3.63) is 98.9 Å². The first kappa shape index (κ1) is 27.1. The number of amides is 3. The SMILES string of the molecule is CCOc1cc(/C=C2\SC(=O)N(CC(=O)Nc3ccccc3)C2=O)ccc1OC(=O)c1cccc([N+](=O)[O-])c1. The van der Waals surface area contributed by atoms with Crippen molar-refractivity contribution in [1.82, 2.24) is 4.90 Å². The number of esters is 1. The van der Waals surface area contributed by atoms with E-state index in [9.17, 15) is 29.3 Å². The Hall–Kier alpha value is -4.97. The van der Waals surface area contributed by atoms with Crippen molar-refractivity contribution in [2.45, 2.75) is 6.92 Å². The van der Waals surface area contributed by atoms with Crippen LogP contribution in [0.15, 0.2) is 77.7 Å². The third-order valence-electron chi connectivity index (χ3n) is 5.29. The molecule has 1 N–H and O–H groups in total. The van der Waals surface area contributed by atoms with Crippen molar-refractivity contribution in [1.29, 1.82) is 0 Å². The van der Waals surface area contributed by atoms with Crippen LogP contribution in [-0.4, -0.2) is 46.0 Å². The van der Waals surface area contributed by atoms with Gasteiger partial charge in [0.1, 0.15) is 6.54 Å². The van der Waals surface area contributed by atoms with Gasteiger partial charge in [-0.1, -0.05) is 30.3 Å². The normalized spacial score (nSPS) is 13.9. The van der Waals surface area contributed by atoms with E-state index in [2.05, 4.69) is 5.32 Å². The van der Waals surface area contributed by atoms with Crippen molar-refractivity contribution in [3.63, 3.8) is 0 Å². The smallest absolute Gasteiger partial charge is 0.343 e. The highest BCUT2D eigenvalue weighted by Gasteiger charge is 2.36. The van der Waals surface area contributed by atoms with Gasteiger partial charge in [-0.25, -0.2) is 4.79 Å². The number of imide groups is 1. The lowest BCUT2D eigenvalue weighted by atomic mass is 10.1. The Morgan fingerprint density at radius 2 is 1.79 bits per heavy atom. The van der Waals surface area contributed by atoms with Gasteiger partial charge in [0, 0.05) is 17.8 Å². The van der Waals surface area contributed by atoms with Gasteiger partial charge >= 0.3 is 5.97 Å². The maximum Gasteiger partial charge on any atom is 0.343 e. The average molecular weight is 548 g/mol. The summed E-state index contributed by atoms with van der Waals surface area (Å²) in [6.45, 7) is 1.52. The number of ether oxygens (including phenoxy) is 2. The molecule has 0 saturated carbocycles. The summed E-state index contributed by atoms with van der Waals surface area (Å²) in [5.41, 5.74) is 0.754. The van der Waals surface area contributed by atoms with E-state index in [4.69, 9.17) is 9.47 Å². The number of nitro benzene ring substituents is 1. The molecule has 0 aliphatic carbocycles. The topological polar surface area (TPSA) is 145 Å². The molecular formula is C27H21N3O8S. The summed E-state index contributed by atoms with van der Waals surface area (Å²) >= 11 is 0.697. The highest BCUT2D eigenvalue weighted by molar-refractivity contribution is 8.18. The first-order valence-electron chi connectivity index (χ1n) is 11.6. The number of carbonyl (C=O) groups excluding carboxylic acids is 4. The molecule has 12 heteroatoms. The average Bonchev–Trinajstić information content (AvgIpc) is 3.18. The molecule has 1 aliphatic heterocycles. The molecule has 3 aromatic rings. The Labute approximate surface area is 226 Å². The Morgan fingerprint density at radius 3 is 2.51 bits per heavy atom. The second-order valence-electron chi connectivity index (χ2n) is 8.02. The summed E-state index contributed by atoms with van der Waals surface area (Å²) in [6, 6.07) is 18.3. The molecular weight excluding hydrogens is 526 g/mol. The van der Waals surface area contributed by atoms with E-state index >= 15 is 0 Å². The Morgan fingerprint density at radius 1 is 1.03 bits per heavy atom. The number of para-hydroxylation sites is 1. The molecule has 39 heavy (non-hydrogen) atoms. The number of non-ortho nitro benzene ring substituents is 1. The Kier molecular flexibility index (Phi) is 8.37. The van der Waals surface area contributed by atoms with E-state index in [1.54, 1.807) is 43.3 Å². The summed E-state index contributed by atoms with van der Waals surface area (Å²) < 4.78 is 11.0. The quantitative estimate of drug-likeness (QED) is 0.130. The summed E-state index contributed by atoms with van der Waals surface area (Å²) in [6.07, 6.45) is 1.47. The van der Waals surface area contributed by atoms with E-state index < -0.39 is 34.5 Å². The lowest BCUT2D eigenvalue weighted by Gasteiger charge is -2.12. The molecule has 3 amide bonds. The zero-order chi connectivity index (χ0) is 27.9. The van der Waals surface area contributed by atoms with E-state index in [1.165, 1.54) is 36.4 Å². The number of nitrogens with zero attached hydrogens (tertiary/aromatic N) is 2. The number of hydrogen-bond donors (Lipinski definition) is 1. The van der Waals surface area contributed by atoms with E-state index in [0.717, 1.165) is 11.0 Å². The number of hydrogen-bond acceptors (Lipinski definition) is 9. The predicted octanol–water partition coefficient (Wildman–Crippen LogP) is 4.89. The number of thioether (sulfide) groups is 1. The highest BCUT2D eigenvalue weighted by atomic mass is 32.2. The van der Waals surface area contributed by atoms with Crippen LogP contribution >= 0.6 is 11.8 Å². The van der Waals surface area contributed by atoms with Gasteiger partial charge < -0.3 is 14.8 Å². The van der Waals surface area contributed by atoms with Gasteiger partial charge in [0.05, 0.1) is 22.0 Å². The van der Waals surface area contributed by atoms with E-state index in [-0.39, 0.29) is 34.3 Å². The van der Waals surface area contributed by atoms with Gasteiger partial charge in [0.2, 0.25) is 5.91 Å². The largest absolute Gasteiger partial charge is 0.490 e. The number of benzene rings is 3. The van der Waals surface area contributed by atoms with Gasteiger partial charge in [0.15, 0.2) is 11.5 Å². The van der Waals surface area contributed by atoms with Crippen molar-refractivity contribution in [2.24, 2.45) is 0 Å². The molecule has 11 nitrogen and oxygen atoms in total. The highest BCUT2D eigenvalue weighted by Crippen LogP contribution is 2.35. The van der Waals surface area contributed by atoms with E-state index in [1.807, 2.05) is 0 Å². The van der Waals surface area contributed by atoms with Crippen LogP contribution in [0, 0.1) is 10.1 Å². The summed E-state index contributed by atoms with van der Waals surface area (Å²) in [5.74, 6) is -1.70. The molecule has 198 valence electrons. The molecule has 0 atom stereocenters. The summed E-state index contributed by atoms with van der Waals surface area (Å²) in [7, 11) is 0. The predicted molar refractivity (Wildman–Crippen MR) is 143 cm³/mol. The molecule has 0 aromatic heterocycles. The molecule has 4 rings (SSSR count). The number of nitrogens with one attached hydrogen (secondary N) is 1. The van der Waals surface area contributed by atoms with Crippen LogP contribution < -0.4 is 14.8 Å². The van der Waals surface area contributed by atoms with E-state index in [0.29, 0.717) is 23.0 Å². The molecule has 0 unspecified atom stereocenters. The van der Waals surface area contributed by atoms with Crippen LogP contribution in [0.1, 0.15) is 22.8 Å². The van der Waals surface area contributed by atoms with Crippen LogP contribution in [0.25, 0.3) is 6.08 Å². The summed E-state index contributed by atoms with van der Waals surface area (Å²) in [5, 5.41) is 13.1. The van der Waals surface area contributed by atoms with Gasteiger partial charge in [-0.15, -0.1) is 0 Å². The van der Waals surface area contributed by atoms with Crippen molar-refractivity contribution in [2.75, 3.05) is 18.5 Å². The number of anilines is 1. The van der Waals surface area contributed by atoms with Gasteiger partial charge in [-0.3, -0.25) is 29.4 Å². The van der Waals surface area contributed by atoms with Gasteiger partial charge in [-0.05, 0) is 60.7 Å². The minimum Gasteiger partial charge on any atom is -0.490 e. The third kappa shape index (κ3) is 6.67. The number of rotatable bonds is 9. The molecule has 1 aliphatic rings. The Balaban J connectivity index is 1.49. The second-order valence-corrected chi connectivity index (χ2v) is 9.01. The first-order valence-corrected chi connectivity index (χ1v) is 12.4. The van der Waals surface area contributed by atoms with Crippen LogP contribution in [0.3, 0.4) is 0 Å². The zero-order valence-corrected chi connectivity index (χ0v) is 21.3. The molecule has 0 bridgehead atoms. The monoisotopic (exact) mass is 547 g/mol. The molecule has 1 fully saturated rings. The van der Waals surface area contributed by atoms with Crippen LogP contribution in [-0.2, 0) is 9.59 Å². The number of nitro groups is 1. The summed E-state index contributed by atoms with van der Waals surface area (Å²) in [4.78, 5) is 61.6. The molecule has 3 aromatic carbocycles. The second kappa shape index (κ2) is 12.0. The fraction of sp³-hybridized carbons (Fsp3) is 0.111. The minimum atomic E-state index is -0.817. The maximum atomic E-state index is 12.9. The zero-order valence-electron chi connectivity index (χ0n) is 20.5. The van der Waals surface area contributed by atoms with Crippen molar-refractivity contribution < 1.29 is 33.6 Å². The molecule has 1 saturated heterocycles. The van der Waals surface area contributed by atoms with Gasteiger partial charge in [-0.2, -0.15) is 0 Å². The molecule has 0 radical (unpaired) electrons. The fourth-order valence-corrected chi connectivity index (χ4v) is 4.36. The first-order chi connectivity index (χ1) is 18.7. The lowest BCUT2D eigenvalue weighted by Crippen LogP contribution is -2.36. The van der Waals surface area contributed by atoms with Gasteiger partial charge in [0.25, 0.3) is 16.8 Å².